The molecule has 0 spiro atoms. The minimum absolute atomic E-state index is 0.177. The molecule has 0 aromatic carbocycles. The van der Waals surface area contributed by atoms with Crippen LogP contribution < -0.4 is 5.32 Å². The third kappa shape index (κ3) is 2.91. The molecule has 1 aromatic rings. The molecule has 0 radical (unpaired) electrons. The zero-order chi connectivity index (χ0) is 13.3. The van der Waals surface area contributed by atoms with Crippen molar-refractivity contribution in [2.24, 2.45) is 5.92 Å². The smallest absolute Gasteiger partial charge is 0.326 e. The van der Waals surface area contributed by atoms with Crippen LogP contribution in [0.2, 0.25) is 0 Å². The molecule has 3 unspecified atom stereocenters. The molecule has 0 saturated heterocycles. The number of carboxylic acid groups (broad SMARTS) is 1. The summed E-state index contributed by atoms with van der Waals surface area (Å²) >= 11 is 0. The number of carbonyl (C=O) groups is 2. The average Bonchev–Trinajstić information content (AvgIpc) is 2.83. The number of carbonyl (C=O) groups excluding carboxylic acids is 1. The van der Waals surface area contributed by atoms with Crippen LogP contribution in [0.15, 0.2) is 16.5 Å². The van der Waals surface area contributed by atoms with Gasteiger partial charge in [-0.05, 0) is 24.5 Å². The first-order valence-electron chi connectivity index (χ1n) is 6.06. The Bertz CT molecular complexity index is 465. The second kappa shape index (κ2) is 4.84. The van der Waals surface area contributed by atoms with Gasteiger partial charge in [0.1, 0.15) is 17.6 Å². The van der Waals surface area contributed by atoms with Gasteiger partial charge < -0.3 is 14.8 Å². The predicted octanol–water partition coefficient (Wildman–Crippen LogP) is 1.53. The Labute approximate surface area is 105 Å². The van der Waals surface area contributed by atoms with E-state index in [2.05, 4.69) is 12.2 Å². The number of furan rings is 1. The molecule has 1 saturated carbocycles. The van der Waals surface area contributed by atoms with Crippen LogP contribution in [0, 0.1) is 5.92 Å². The number of hydrogen-bond acceptors (Lipinski definition) is 3. The Morgan fingerprint density at radius 2 is 2.22 bits per heavy atom. The Morgan fingerprint density at radius 3 is 2.72 bits per heavy atom. The largest absolute Gasteiger partial charge is 0.480 e. The molecule has 1 amide bonds. The lowest BCUT2D eigenvalue weighted by atomic mass is 10.1. The van der Waals surface area contributed by atoms with E-state index in [1.165, 1.54) is 6.92 Å². The Morgan fingerprint density at radius 1 is 1.56 bits per heavy atom. The van der Waals surface area contributed by atoms with Crippen molar-refractivity contribution in [2.75, 3.05) is 0 Å². The minimum Gasteiger partial charge on any atom is -0.480 e. The zero-order valence-electron chi connectivity index (χ0n) is 10.5. The lowest BCUT2D eigenvalue weighted by Gasteiger charge is -2.11. The lowest BCUT2D eigenvalue weighted by molar-refractivity contribution is -0.141. The molecule has 5 nitrogen and oxygen atoms in total. The van der Waals surface area contributed by atoms with Crippen molar-refractivity contribution in [3.8, 4) is 0 Å². The van der Waals surface area contributed by atoms with Gasteiger partial charge in [-0.15, -0.1) is 0 Å². The van der Waals surface area contributed by atoms with E-state index in [1.54, 1.807) is 6.07 Å². The summed E-state index contributed by atoms with van der Waals surface area (Å²) in [6, 6.07) is 2.76. The Balaban J connectivity index is 2.00. The number of aliphatic carboxylic acids is 1. The van der Waals surface area contributed by atoms with E-state index in [4.69, 9.17) is 9.52 Å². The molecule has 98 valence electrons. The highest BCUT2D eigenvalue weighted by molar-refractivity contribution is 5.82. The molecule has 2 rings (SSSR count). The van der Waals surface area contributed by atoms with Gasteiger partial charge in [-0.2, -0.15) is 0 Å². The SMILES string of the molecule is CC(=O)NC(Cc1ccc(C2CC2C)o1)C(=O)O. The predicted molar refractivity (Wildman–Crippen MR) is 64.2 cm³/mol. The molecule has 2 N–H and O–H groups in total. The molecule has 1 fully saturated rings. The summed E-state index contributed by atoms with van der Waals surface area (Å²) in [5, 5.41) is 11.4. The van der Waals surface area contributed by atoms with Gasteiger partial charge in [-0.3, -0.25) is 4.79 Å². The minimum atomic E-state index is -1.05. The molecule has 1 aromatic heterocycles. The Hall–Kier alpha value is -1.78. The first-order valence-corrected chi connectivity index (χ1v) is 6.06. The fraction of sp³-hybridized carbons (Fsp3) is 0.538. The molecular formula is C13H17NO4. The van der Waals surface area contributed by atoms with Crippen molar-refractivity contribution in [1.29, 1.82) is 0 Å². The van der Waals surface area contributed by atoms with Crippen molar-refractivity contribution in [1.82, 2.24) is 5.32 Å². The summed E-state index contributed by atoms with van der Waals surface area (Å²) < 4.78 is 5.63. The lowest BCUT2D eigenvalue weighted by Crippen LogP contribution is -2.41. The summed E-state index contributed by atoms with van der Waals surface area (Å²) in [6.45, 7) is 3.46. The molecule has 1 heterocycles. The standard InChI is InChI=1S/C13H17NO4/c1-7-5-10(7)12-4-3-9(18-12)6-11(13(16)17)14-8(2)15/h3-4,7,10-11H,5-6H2,1-2H3,(H,14,15)(H,16,17). The van der Waals surface area contributed by atoms with Crippen LogP contribution in [-0.2, 0) is 16.0 Å². The van der Waals surface area contributed by atoms with Crippen LogP contribution in [0.25, 0.3) is 0 Å². The van der Waals surface area contributed by atoms with E-state index < -0.39 is 12.0 Å². The maximum absolute atomic E-state index is 11.0. The fourth-order valence-corrected chi connectivity index (χ4v) is 2.07. The van der Waals surface area contributed by atoms with E-state index in [0.29, 0.717) is 17.6 Å². The quantitative estimate of drug-likeness (QED) is 0.831. The van der Waals surface area contributed by atoms with Crippen LogP contribution in [0.4, 0.5) is 0 Å². The molecule has 18 heavy (non-hydrogen) atoms. The number of carboxylic acids is 1. The summed E-state index contributed by atoms with van der Waals surface area (Å²) in [6.07, 6.45) is 1.30. The van der Waals surface area contributed by atoms with Crippen molar-refractivity contribution < 1.29 is 19.1 Å². The monoisotopic (exact) mass is 251 g/mol. The van der Waals surface area contributed by atoms with Gasteiger partial charge in [0.15, 0.2) is 0 Å². The van der Waals surface area contributed by atoms with E-state index >= 15 is 0 Å². The van der Waals surface area contributed by atoms with Gasteiger partial charge in [-0.1, -0.05) is 6.92 Å². The van der Waals surface area contributed by atoms with Crippen molar-refractivity contribution in [2.45, 2.75) is 38.6 Å². The highest BCUT2D eigenvalue weighted by Crippen LogP contribution is 2.47. The van der Waals surface area contributed by atoms with Crippen LogP contribution in [-0.4, -0.2) is 23.0 Å². The summed E-state index contributed by atoms with van der Waals surface area (Å²) in [7, 11) is 0. The van der Waals surface area contributed by atoms with Gasteiger partial charge in [-0.25, -0.2) is 4.79 Å². The molecule has 3 atom stereocenters. The third-order valence-electron chi connectivity index (χ3n) is 3.24. The van der Waals surface area contributed by atoms with Crippen LogP contribution in [0.3, 0.4) is 0 Å². The van der Waals surface area contributed by atoms with Gasteiger partial charge >= 0.3 is 5.97 Å². The maximum Gasteiger partial charge on any atom is 0.326 e. The topological polar surface area (TPSA) is 79.5 Å². The van der Waals surface area contributed by atoms with Crippen molar-refractivity contribution in [3.63, 3.8) is 0 Å². The molecule has 5 heteroatoms. The average molecular weight is 251 g/mol. The maximum atomic E-state index is 11.0. The Kier molecular flexibility index (Phi) is 3.41. The number of amides is 1. The fourth-order valence-electron chi connectivity index (χ4n) is 2.07. The van der Waals surface area contributed by atoms with Crippen LogP contribution in [0.5, 0.6) is 0 Å². The van der Waals surface area contributed by atoms with Crippen molar-refractivity contribution in [3.05, 3.63) is 23.7 Å². The summed E-state index contributed by atoms with van der Waals surface area (Å²) in [5.41, 5.74) is 0. The number of rotatable bonds is 5. The van der Waals surface area contributed by atoms with Crippen molar-refractivity contribution >= 4 is 11.9 Å². The van der Waals surface area contributed by atoms with Gasteiger partial charge in [0.2, 0.25) is 5.91 Å². The molecule has 0 bridgehead atoms. The second-order valence-electron chi connectivity index (χ2n) is 4.92. The third-order valence-corrected chi connectivity index (χ3v) is 3.24. The van der Waals surface area contributed by atoms with E-state index in [1.807, 2.05) is 6.07 Å². The summed E-state index contributed by atoms with van der Waals surface area (Å²) in [4.78, 5) is 21.9. The molecule has 1 aliphatic carbocycles. The highest BCUT2D eigenvalue weighted by Gasteiger charge is 2.36. The molecule has 0 aliphatic heterocycles. The summed E-state index contributed by atoms with van der Waals surface area (Å²) in [5.74, 6) is 1.24. The van der Waals surface area contributed by atoms with Gasteiger partial charge in [0.25, 0.3) is 0 Å². The zero-order valence-corrected chi connectivity index (χ0v) is 10.5. The van der Waals surface area contributed by atoms with E-state index in [-0.39, 0.29) is 12.3 Å². The van der Waals surface area contributed by atoms with Crippen LogP contribution in [0.1, 0.15) is 37.7 Å². The van der Waals surface area contributed by atoms with Crippen LogP contribution >= 0.6 is 0 Å². The molecule has 1 aliphatic rings. The second-order valence-corrected chi connectivity index (χ2v) is 4.92. The van der Waals surface area contributed by atoms with E-state index in [0.717, 1.165) is 12.2 Å². The first-order chi connectivity index (χ1) is 8.47. The number of nitrogens with one attached hydrogen (secondary N) is 1. The van der Waals surface area contributed by atoms with E-state index in [9.17, 15) is 9.59 Å². The molecular weight excluding hydrogens is 234 g/mol. The first kappa shape index (κ1) is 12.7. The highest BCUT2D eigenvalue weighted by atomic mass is 16.4. The normalized spacial score (nSPS) is 23.4. The van der Waals surface area contributed by atoms with Gasteiger partial charge in [0.05, 0.1) is 0 Å². The van der Waals surface area contributed by atoms with Gasteiger partial charge in [0, 0.05) is 19.3 Å². The number of hydrogen-bond donors (Lipinski definition) is 2.